The minimum absolute atomic E-state index is 0.0160. The molecule has 0 atom stereocenters. The fraction of sp³-hybridized carbons (Fsp3) is 0.462. The van der Waals surface area contributed by atoms with Crippen LogP contribution in [0.3, 0.4) is 0 Å². The number of nitriles is 1. The fourth-order valence-corrected chi connectivity index (χ4v) is 2.36. The van der Waals surface area contributed by atoms with Crippen molar-refractivity contribution in [3.8, 4) is 6.07 Å². The largest absolute Gasteiger partial charge is 0.395 e. The Kier molecular flexibility index (Phi) is 3.06. The molecule has 6 nitrogen and oxygen atoms in total. The molecule has 19 heavy (non-hydrogen) atoms. The van der Waals surface area contributed by atoms with E-state index in [-0.39, 0.29) is 5.91 Å². The standard InChI is InChI=1S/C13H17N5O/c1-13(2)12(19)17(3)6-7-18(13)11-10(15)9(8-14)4-5-16-11/h4-5H,6-7,15H2,1-3H3. The Bertz CT molecular complexity index is 561. The molecule has 2 rings (SSSR count). The van der Waals surface area contributed by atoms with Gasteiger partial charge < -0.3 is 15.5 Å². The van der Waals surface area contributed by atoms with Gasteiger partial charge in [0.1, 0.15) is 11.6 Å². The predicted octanol–water partition coefficient (Wildman–Crippen LogP) is 0.592. The van der Waals surface area contributed by atoms with Crippen LogP contribution in [0, 0.1) is 11.3 Å². The van der Waals surface area contributed by atoms with Crippen molar-refractivity contribution in [2.75, 3.05) is 30.8 Å². The number of likely N-dealkylation sites (N-methyl/N-ethyl adjacent to an activating group) is 1. The van der Waals surface area contributed by atoms with E-state index in [2.05, 4.69) is 4.98 Å². The first-order chi connectivity index (χ1) is 8.89. The molecule has 0 saturated carbocycles. The van der Waals surface area contributed by atoms with Crippen molar-refractivity contribution in [3.05, 3.63) is 17.8 Å². The third kappa shape index (κ3) is 1.97. The molecule has 0 spiro atoms. The molecule has 1 fully saturated rings. The van der Waals surface area contributed by atoms with Crippen LogP contribution in [-0.4, -0.2) is 41.5 Å². The highest BCUT2D eigenvalue weighted by atomic mass is 16.2. The average molecular weight is 259 g/mol. The summed E-state index contributed by atoms with van der Waals surface area (Å²) in [6.07, 6.45) is 1.54. The van der Waals surface area contributed by atoms with Gasteiger partial charge in [-0.25, -0.2) is 4.98 Å². The van der Waals surface area contributed by atoms with Gasteiger partial charge in [0.25, 0.3) is 0 Å². The number of carbonyl (C=O) groups excluding carboxylic acids is 1. The zero-order valence-corrected chi connectivity index (χ0v) is 11.3. The highest BCUT2D eigenvalue weighted by Gasteiger charge is 2.41. The van der Waals surface area contributed by atoms with E-state index in [1.165, 1.54) is 0 Å². The molecule has 0 unspecified atom stereocenters. The fourth-order valence-electron chi connectivity index (χ4n) is 2.36. The van der Waals surface area contributed by atoms with E-state index >= 15 is 0 Å². The van der Waals surface area contributed by atoms with Crippen molar-refractivity contribution in [2.45, 2.75) is 19.4 Å². The van der Waals surface area contributed by atoms with Crippen molar-refractivity contribution < 1.29 is 4.79 Å². The number of rotatable bonds is 1. The molecule has 1 amide bonds. The molecule has 1 saturated heterocycles. The Morgan fingerprint density at radius 3 is 2.79 bits per heavy atom. The van der Waals surface area contributed by atoms with E-state index in [4.69, 9.17) is 11.0 Å². The summed E-state index contributed by atoms with van der Waals surface area (Å²) in [6.45, 7) is 4.93. The number of hydrogen-bond acceptors (Lipinski definition) is 5. The lowest BCUT2D eigenvalue weighted by atomic mass is 9.97. The minimum atomic E-state index is -0.720. The summed E-state index contributed by atoms with van der Waals surface area (Å²) in [5.41, 5.74) is 5.97. The lowest BCUT2D eigenvalue weighted by molar-refractivity contribution is -0.136. The second-order valence-corrected chi connectivity index (χ2v) is 5.14. The molecule has 0 bridgehead atoms. The zero-order chi connectivity index (χ0) is 14.2. The van der Waals surface area contributed by atoms with Crippen LogP contribution >= 0.6 is 0 Å². The van der Waals surface area contributed by atoms with Crippen LogP contribution in [0.5, 0.6) is 0 Å². The number of pyridine rings is 1. The van der Waals surface area contributed by atoms with Crippen LogP contribution in [-0.2, 0) is 4.79 Å². The van der Waals surface area contributed by atoms with E-state index in [0.29, 0.717) is 30.2 Å². The molecule has 0 radical (unpaired) electrons. The van der Waals surface area contributed by atoms with Crippen LogP contribution in [0.1, 0.15) is 19.4 Å². The number of nitrogens with zero attached hydrogens (tertiary/aromatic N) is 4. The molecule has 6 heteroatoms. The monoisotopic (exact) mass is 259 g/mol. The Hall–Kier alpha value is -2.29. The molecule has 1 aliphatic heterocycles. The number of amides is 1. The Balaban J connectivity index is 2.48. The summed E-state index contributed by atoms with van der Waals surface area (Å²) >= 11 is 0. The van der Waals surface area contributed by atoms with Gasteiger partial charge in [-0.05, 0) is 19.9 Å². The second kappa shape index (κ2) is 4.43. The number of nitrogens with two attached hydrogens (primary N) is 1. The van der Waals surface area contributed by atoms with Gasteiger partial charge in [-0.2, -0.15) is 5.26 Å². The maximum atomic E-state index is 12.2. The van der Waals surface area contributed by atoms with Crippen molar-refractivity contribution in [1.82, 2.24) is 9.88 Å². The predicted molar refractivity (Wildman–Crippen MR) is 72.4 cm³/mol. The lowest BCUT2D eigenvalue weighted by Gasteiger charge is -2.45. The van der Waals surface area contributed by atoms with Crippen molar-refractivity contribution in [3.63, 3.8) is 0 Å². The molecule has 1 aromatic heterocycles. The summed E-state index contributed by atoms with van der Waals surface area (Å²) in [6, 6.07) is 3.61. The van der Waals surface area contributed by atoms with Gasteiger partial charge >= 0.3 is 0 Å². The summed E-state index contributed by atoms with van der Waals surface area (Å²) in [4.78, 5) is 20.1. The highest BCUT2D eigenvalue weighted by Crippen LogP contribution is 2.32. The summed E-state index contributed by atoms with van der Waals surface area (Å²) in [7, 11) is 1.78. The molecule has 1 aromatic rings. The van der Waals surface area contributed by atoms with Crippen LogP contribution in [0.25, 0.3) is 0 Å². The molecular formula is C13H17N5O. The van der Waals surface area contributed by atoms with Crippen molar-refractivity contribution >= 4 is 17.4 Å². The first-order valence-electron chi connectivity index (χ1n) is 6.07. The normalized spacial score (nSPS) is 18.3. The number of aromatic nitrogens is 1. The van der Waals surface area contributed by atoms with Gasteiger partial charge in [-0.15, -0.1) is 0 Å². The van der Waals surface area contributed by atoms with Crippen molar-refractivity contribution in [2.24, 2.45) is 0 Å². The van der Waals surface area contributed by atoms with E-state index in [1.54, 1.807) is 24.2 Å². The Morgan fingerprint density at radius 2 is 2.16 bits per heavy atom. The highest BCUT2D eigenvalue weighted by molar-refractivity contribution is 5.91. The number of nitrogen functional groups attached to an aromatic ring is 1. The van der Waals surface area contributed by atoms with Gasteiger partial charge in [0, 0.05) is 26.3 Å². The van der Waals surface area contributed by atoms with E-state index < -0.39 is 5.54 Å². The number of piperazine rings is 1. The summed E-state index contributed by atoms with van der Waals surface area (Å²) < 4.78 is 0. The SMILES string of the molecule is CN1CCN(c2nccc(C#N)c2N)C(C)(C)C1=O. The topological polar surface area (TPSA) is 86.2 Å². The first kappa shape index (κ1) is 13.1. The van der Waals surface area contributed by atoms with Gasteiger partial charge in [0.15, 0.2) is 5.82 Å². The number of anilines is 2. The minimum Gasteiger partial charge on any atom is -0.395 e. The van der Waals surface area contributed by atoms with Gasteiger partial charge in [0.2, 0.25) is 5.91 Å². The zero-order valence-electron chi connectivity index (χ0n) is 11.3. The van der Waals surface area contributed by atoms with Gasteiger partial charge in [0.05, 0.1) is 11.3 Å². The number of carbonyl (C=O) groups is 1. The third-order valence-electron chi connectivity index (χ3n) is 3.55. The van der Waals surface area contributed by atoms with Gasteiger partial charge in [-0.3, -0.25) is 4.79 Å². The summed E-state index contributed by atoms with van der Waals surface area (Å²) in [5, 5.41) is 9.01. The van der Waals surface area contributed by atoms with Crippen LogP contribution in [0.15, 0.2) is 12.3 Å². The lowest BCUT2D eigenvalue weighted by Crippen LogP contribution is -2.62. The molecular weight excluding hydrogens is 242 g/mol. The summed E-state index contributed by atoms with van der Waals surface area (Å²) in [5.74, 6) is 0.521. The van der Waals surface area contributed by atoms with Crippen LogP contribution in [0.2, 0.25) is 0 Å². The second-order valence-electron chi connectivity index (χ2n) is 5.14. The maximum Gasteiger partial charge on any atom is 0.247 e. The smallest absolute Gasteiger partial charge is 0.247 e. The first-order valence-corrected chi connectivity index (χ1v) is 6.07. The van der Waals surface area contributed by atoms with E-state index in [9.17, 15) is 4.79 Å². The van der Waals surface area contributed by atoms with Crippen LogP contribution in [0.4, 0.5) is 11.5 Å². The molecule has 2 N–H and O–H groups in total. The molecule has 1 aliphatic rings. The molecule has 100 valence electrons. The van der Waals surface area contributed by atoms with Gasteiger partial charge in [-0.1, -0.05) is 0 Å². The molecule has 0 aromatic carbocycles. The van der Waals surface area contributed by atoms with Crippen molar-refractivity contribution in [1.29, 1.82) is 5.26 Å². The third-order valence-corrected chi connectivity index (χ3v) is 3.55. The van der Waals surface area contributed by atoms with E-state index in [0.717, 1.165) is 0 Å². The van der Waals surface area contributed by atoms with E-state index in [1.807, 2.05) is 24.8 Å². The molecule has 0 aliphatic carbocycles. The Labute approximate surface area is 112 Å². The quantitative estimate of drug-likeness (QED) is 0.797. The average Bonchev–Trinajstić information content (AvgIpc) is 2.37. The maximum absolute atomic E-state index is 12.2. The van der Waals surface area contributed by atoms with Crippen LogP contribution < -0.4 is 10.6 Å². The molecule has 2 heterocycles. The Morgan fingerprint density at radius 1 is 1.47 bits per heavy atom. The number of hydrogen-bond donors (Lipinski definition) is 1.